The summed E-state index contributed by atoms with van der Waals surface area (Å²) in [5.74, 6) is 0.441. The lowest BCUT2D eigenvalue weighted by molar-refractivity contribution is 0.589. The number of halogens is 2. The highest BCUT2D eigenvalue weighted by Gasteiger charge is 2.12. The number of rotatable bonds is 6. The maximum atomic E-state index is 4.49. The first-order valence-corrected chi connectivity index (χ1v) is 8.34. The predicted octanol–water partition coefficient (Wildman–Crippen LogP) is 4.54. The summed E-state index contributed by atoms with van der Waals surface area (Å²) < 4.78 is 2.14. The molecule has 1 N–H and O–H groups in total. The molecule has 1 atom stereocenters. The van der Waals surface area contributed by atoms with Crippen LogP contribution in [0.1, 0.15) is 24.1 Å². The zero-order valence-electron chi connectivity index (χ0n) is 11.4. The van der Waals surface area contributed by atoms with E-state index in [0.29, 0.717) is 5.92 Å². The molecule has 2 aromatic rings. The van der Waals surface area contributed by atoms with Gasteiger partial charge in [0, 0.05) is 33.3 Å². The van der Waals surface area contributed by atoms with E-state index in [1.165, 1.54) is 5.56 Å². The van der Waals surface area contributed by atoms with Gasteiger partial charge in [0.2, 0.25) is 0 Å². The van der Waals surface area contributed by atoms with Crippen LogP contribution in [0.5, 0.6) is 0 Å². The predicted molar refractivity (Wildman–Crippen MR) is 91.1 cm³/mol. The van der Waals surface area contributed by atoms with Gasteiger partial charge >= 0.3 is 0 Å². The van der Waals surface area contributed by atoms with E-state index in [1.54, 1.807) is 0 Å². The highest BCUT2D eigenvalue weighted by molar-refractivity contribution is 9.10. The van der Waals surface area contributed by atoms with Crippen LogP contribution in [0, 0.1) is 0 Å². The molecular formula is C16H18Br2N2. The van der Waals surface area contributed by atoms with Crippen LogP contribution < -0.4 is 5.32 Å². The molecular weight excluding hydrogens is 380 g/mol. The maximum Gasteiger partial charge on any atom is 0.0413 e. The van der Waals surface area contributed by atoms with E-state index < -0.39 is 0 Å². The standard InChI is InChI=1S/C16H18Br2N2/c1-2-19-10-13(12-3-5-14(17)6-4-12)9-16-8-7-15(18)11-20-16/h3-8,11,13,19H,2,9-10H2,1H3. The van der Waals surface area contributed by atoms with Crippen LogP contribution in [0.15, 0.2) is 51.5 Å². The van der Waals surface area contributed by atoms with Gasteiger partial charge in [-0.15, -0.1) is 0 Å². The summed E-state index contributed by atoms with van der Waals surface area (Å²) in [6, 6.07) is 12.7. The Morgan fingerprint density at radius 2 is 1.75 bits per heavy atom. The van der Waals surface area contributed by atoms with Gasteiger partial charge in [0.1, 0.15) is 0 Å². The summed E-state index contributed by atoms with van der Waals surface area (Å²) in [5, 5.41) is 3.44. The Balaban J connectivity index is 2.14. The number of benzene rings is 1. The van der Waals surface area contributed by atoms with Crippen molar-refractivity contribution in [3.8, 4) is 0 Å². The third kappa shape index (κ3) is 4.69. The second-order valence-electron chi connectivity index (χ2n) is 4.73. The highest BCUT2D eigenvalue weighted by Crippen LogP contribution is 2.22. The molecule has 106 valence electrons. The molecule has 20 heavy (non-hydrogen) atoms. The van der Waals surface area contributed by atoms with Gasteiger partial charge in [-0.2, -0.15) is 0 Å². The third-order valence-corrected chi connectivity index (χ3v) is 4.22. The van der Waals surface area contributed by atoms with Crippen LogP contribution in [0.4, 0.5) is 0 Å². The van der Waals surface area contributed by atoms with Crippen LogP contribution in [0.25, 0.3) is 0 Å². The minimum atomic E-state index is 0.441. The summed E-state index contributed by atoms with van der Waals surface area (Å²) >= 11 is 6.92. The molecule has 4 heteroatoms. The van der Waals surface area contributed by atoms with Crippen molar-refractivity contribution in [2.45, 2.75) is 19.3 Å². The second kappa shape index (κ2) is 7.91. The highest BCUT2D eigenvalue weighted by atomic mass is 79.9. The number of likely N-dealkylation sites (N-methyl/N-ethyl adjacent to an activating group) is 1. The smallest absolute Gasteiger partial charge is 0.0413 e. The number of pyridine rings is 1. The number of aromatic nitrogens is 1. The van der Waals surface area contributed by atoms with Crippen molar-refractivity contribution in [2.24, 2.45) is 0 Å². The number of hydrogen-bond donors (Lipinski definition) is 1. The molecule has 1 unspecified atom stereocenters. The topological polar surface area (TPSA) is 24.9 Å². The zero-order chi connectivity index (χ0) is 14.4. The quantitative estimate of drug-likeness (QED) is 0.773. The molecule has 2 nitrogen and oxygen atoms in total. The Kier molecular flexibility index (Phi) is 6.20. The molecule has 0 aliphatic carbocycles. The van der Waals surface area contributed by atoms with E-state index >= 15 is 0 Å². The molecule has 0 spiro atoms. The first-order chi connectivity index (χ1) is 9.69. The molecule has 0 radical (unpaired) electrons. The molecule has 0 aliphatic heterocycles. The molecule has 0 saturated heterocycles. The first-order valence-electron chi connectivity index (χ1n) is 6.75. The Labute approximate surface area is 137 Å². The van der Waals surface area contributed by atoms with Crippen LogP contribution in [0.2, 0.25) is 0 Å². The van der Waals surface area contributed by atoms with Crippen molar-refractivity contribution < 1.29 is 0 Å². The minimum Gasteiger partial charge on any atom is -0.316 e. The summed E-state index contributed by atoms with van der Waals surface area (Å²) in [7, 11) is 0. The average molecular weight is 398 g/mol. The van der Waals surface area contributed by atoms with Crippen molar-refractivity contribution in [3.05, 3.63) is 62.8 Å². The van der Waals surface area contributed by atoms with E-state index in [9.17, 15) is 0 Å². The van der Waals surface area contributed by atoms with Gasteiger partial charge in [-0.25, -0.2) is 0 Å². The van der Waals surface area contributed by atoms with Gasteiger partial charge in [-0.3, -0.25) is 4.98 Å². The molecule has 0 aliphatic rings. The fourth-order valence-electron chi connectivity index (χ4n) is 2.14. The first kappa shape index (κ1) is 15.7. The lowest BCUT2D eigenvalue weighted by Gasteiger charge is -2.17. The Bertz CT molecular complexity index is 523. The summed E-state index contributed by atoms with van der Waals surface area (Å²) in [6.07, 6.45) is 2.81. The molecule has 1 heterocycles. The Morgan fingerprint density at radius 3 is 2.35 bits per heavy atom. The lowest BCUT2D eigenvalue weighted by Crippen LogP contribution is -2.23. The van der Waals surface area contributed by atoms with Crippen molar-refractivity contribution in [1.29, 1.82) is 0 Å². The molecule has 2 rings (SSSR count). The lowest BCUT2D eigenvalue weighted by atomic mass is 9.94. The number of nitrogens with zero attached hydrogens (tertiary/aromatic N) is 1. The molecule has 0 bridgehead atoms. The fraction of sp³-hybridized carbons (Fsp3) is 0.312. The van der Waals surface area contributed by atoms with Gasteiger partial charge in [0.25, 0.3) is 0 Å². The van der Waals surface area contributed by atoms with Gasteiger partial charge < -0.3 is 5.32 Å². The third-order valence-electron chi connectivity index (χ3n) is 3.23. The van der Waals surface area contributed by atoms with Gasteiger partial charge in [-0.1, -0.05) is 35.0 Å². The van der Waals surface area contributed by atoms with Gasteiger partial charge in [0.15, 0.2) is 0 Å². The molecule has 1 aromatic heterocycles. The van der Waals surface area contributed by atoms with E-state index in [4.69, 9.17) is 0 Å². The van der Waals surface area contributed by atoms with Crippen molar-refractivity contribution >= 4 is 31.9 Å². The summed E-state index contributed by atoms with van der Waals surface area (Å²) in [6.45, 7) is 4.09. The second-order valence-corrected chi connectivity index (χ2v) is 6.56. The van der Waals surface area contributed by atoms with E-state index in [1.807, 2.05) is 12.3 Å². The Morgan fingerprint density at radius 1 is 1.05 bits per heavy atom. The normalized spacial score (nSPS) is 12.3. The minimum absolute atomic E-state index is 0.441. The van der Waals surface area contributed by atoms with Crippen molar-refractivity contribution in [2.75, 3.05) is 13.1 Å². The average Bonchev–Trinajstić information content (AvgIpc) is 2.46. The van der Waals surface area contributed by atoms with E-state index in [-0.39, 0.29) is 0 Å². The van der Waals surface area contributed by atoms with Crippen LogP contribution in [-0.4, -0.2) is 18.1 Å². The van der Waals surface area contributed by atoms with Crippen LogP contribution in [-0.2, 0) is 6.42 Å². The number of nitrogens with one attached hydrogen (secondary N) is 1. The molecule has 0 amide bonds. The summed E-state index contributed by atoms with van der Waals surface area (Å²) in [5.41, 5.74) is 2.47. The SMILES string of the molecule is CCNCC(Cc1ccc(Br)cn1)c1ccc(Br)cc1. The largest absolute Gasteiger partial charge is 0.316 e. The molecule has 0 saturated carbocycles. The van der Waals surface area contributed by atoms with Crippen molar-refractivity contribution in [1.82, 2.24) is 10.3 Å². The van der Waals surface area contributed by atoms with Crippen molar-refractivity contribution in [3.63, 3.8) is 0 Å². The van der Waals surface area contributed by atoms with Crippen LogP contribution >= 0.6 is 31.9 Å². The molecule has 1 aromatic carbocycles. The van der Waals surface area contributed by atoms with E-state index in [2.05, 4.69) is 79.4 Å². The fourth-order valence-corrected chi connectivity index (χ4v) is 2.64. The van der Waals surface area contributed by atoms with E-state index in [0.717, 1.165) is 34.1 Å². The Hall–Kier alpha value is -0.710. The van der Waals surface area contributed by atoms with Crippen LogP contribution in [0.3, 0.4) is 0 Å². The monoisotopic (exact) mass is 396 g/mol. The summed E-state index contributed by atoms with van der Waals surface area (Å²) in [4.78, 5) is 4.49. The zero-order valence-corrected chi connectivity index (χ0v) is 14.6. The maximum absolute atomic E-state index is 4.49. The van der Waals surface area contributed by atoms with Gasteiger partial charge in [0.05, 0.1) is 0 Å². The number of hydrogen-bond acceptors (Lipinski definition) is 2. The molecule has 0 fully saturated rings. The van der Waals surface area contributed by atoms with Gasteiger partial charge in [-0.05, 0) is 58.7 Å².